The molecule has 1 N–H and O–H groups in total. The number of piperidine rings is 1. The highest BCUT2D eigenvalue weighted by molar-refractivity contribution is 5.68. The van der Waals surface area contributed by atoms with Gasteiger partial charge < -0.3 is 9.84 Å². The summed E-state index contributed by atoms with van der Waals surface area (Å²) in [6.45, 7) is 2.99. The third kappa shape index (κ3) is 4.22. The van der Waals surface area contributed by atoms with Gasteiger partial charge in [-0.05, 0) is 25.8 Å². The molecule has 1 heterocycles. The standard InChI is InChI=1S/C15H19F2NO3/c1-10(13-3-2-11(16)8-14(13)17)18-6-4-12(5-7-18)21-9-15(19)20/h2-3,8,10,12H,4-7,9H2,1H3,(H,19,20). The summed E-state index contributed by atoms with van der Waals surface area (Å²) in [4.78, 5) is 12.6. The van der Waals surface area contributed by atoms with Crippen LogP contribution >= 0.6 is 0 Å². The SMILES string of the molecule is CC(c1ccc(F)cc1F)N1CCC(OCC(=O)O)CC1. The Balaban J connectivity index is 1.90. The molecular weight excluding hydrogens is 280 g/mol. The van der Waals surface area contributed by atoms with Crippen molar-refractivity contribution in [2.75, 3.05) is 19.7 Å². The van der Waals surface area contributed by atoms with E-state index in [1.165, 1.54) is 12.1 Å². The zero-order chi connectivity index (χ0) is 15.4. The molecule has 1 aliphatic heterocycles. The first-order valence-corrected chi connectivity index (χ1v) is 6.99. The molecule has 6 heteroatoms. The van der Waals surface area contributed by atoms with Gasteiger partial charge in [-0.3, -0.25) is 4.90 Å². The van der Waals surface area contributed by atoms with Crippen molar-refractivity contribution in [2.45, 2.75) is 31.9 Å². The lowest BCUT2D eigenvalue weighted by Crippen LogP contribution is -2.39. The summed E-state index contributed by atoms with van der Waals surface area (Å²) in [7, 11) is 0. The minimum Gasteiger partial charge on any atom is -0.480 e. The van der Waals surface area contributed by atoms with Crippen molar-refractivity contribution in [2.24, 2.45) is 0 Å². The van der Waals surface area contributed by atoms with Gasteiger partial charge >= 0.3 is 5.97 Å². The van der Waals surface area contributed by atoms with E-state index >= 15 is 0 Å². The van der Waals surface area contributed by atoms with Crippen molar-refractivity contribution in [3.63, 3.8) is 0 Å². The van der Waals surface area contributed by atoms with Crippen molar-refractivity contribution in [3.8, 4) is 0 Å². The number of ether oxygens (including phenoxy) is 1. The minimum absolute atomic E-state index is 0.0670. The number of carboxylic acid groups (broad SMARTS) is 1. The van der Waals surface area contributed by atoms with Crippen LogP contribution in [0.4, 0.5) is 8.78 Å². The van der Waals surface area contributed by atoms with Crippen LogP contribution in [0.15, 0.2) is 18.2 Å². The summed E-state index contributed by atoms with van der Waals surface area (Å²) in [5.41, 5.74) is 0.473. The number of hydrogen-bond acceptors (Lipinski definition) is 3. The number of carboxylic acids is 1. The van der Waals surface area contributed by atoms with Crippen molar-refractivity contribution >= 4 is 5.97 Å². The van der Waals surface area contributed by atoms with Crippen molar-refractivity contribution in [3.05, 3.63) is 35.4 Å². The summed E-state index contributed by atoms with van der Waals surface area (Å²) in [6, 6.07) is 3.49. The number of benzene rings is 1. The fourth-order valence-electron chi connectivity index (χ4n) is 2.66. The van der Waals surface area contributed by atoms with Crippen LogP contribution < -0.4 is 0 Å². The van der Waals surface area contributed by atoms with E-state index in [1.54, 1.807) is 0 Å². The number of hydrogen-bond donors (Lipinski definition) is 1. The second kappa shape index (κ2) is 6.95. The number of nitrogens with zero attached hydrogens (tertiary/aromatic N) is 1. The van der Waals surface area contributed by atoms with E-state index in [9.17, 15) is 13.6 Å². The molecule has 21 heavy (non-hydrogen) atoms. The van der Waals surface area contributed by atoms with E-state index in [4.69, 9.17) is 9.84 Å². The average Bonchev–Trinajstić information content (AvgIpc) is 2.45. The van der Waals surface area contributed by atoms with Crippen LogP contribution in [0.1, 0.15) is 31.4 Å². The molecule has 1 fully saturated rings. The lowest BCUT2D eigenvalue weighted by Gasteiger charge is -2.36. The van der Waals surface area contributed by atoms with Crippen LogP contribution in [-0.2, 0) is 9.53 Å². The molecule has 1 unspecified atom stereocenters. The first-order valence-electron chi connectivity index (χ1n) is 6.99. The molecule has 2 rings (SSSR count). The number of rotatable bonds is 5. The fraction of sp³-hybridized carbons (Fsp3) is 0.533. The van der Waals surface area contributed by atoms with Crippen molar-refractivity contribution < 1.29 is 23.4 Å². The number of likely N-dealkylation sites (tertiary alicyclic amines) is 1. The van der Waals surface area contributed by atoms with Crippen LogP contribution in [0.25, 0.3) is 0 Å². The molecule has 1 aromatic carbocycles. The number of halogens is 2. The Kier molecular flexibility index (Phi) is 5.25. The molecular formula is C15H19F2NO3. The zero-order valence-electron chi connectivity index (χ0n) is 11.9. The third-order valence-electron chi connectivity index (χ3n) is 3.88. The second-order valence-corrected chi connectivity index (χ2v) is 5.28. The predicted octanol–water partition coefficient (Wildman–Crippen LogP) is 2.59. The first kappa shape index (κ1) is 15.9. The van der Waals surface area contributed by atoms with Crippen LogP contribution in [0, 0.1) is 11.6 Å². The van der Waals surface area contributed by atoms with Crippen LogP contribution in [0.5, 0.6) is 0 Å². The summed E-state index contributed by atoms with van der Waals surface area (Å²) < 4.78 is 32.0. The topological polar surface area (TPSA) is 49.8 Å². The Morgan fingerprint density at radius 2 is 2.10 bits per heavy atom. The van der Waals surface area contributed by atoms with E-state index in [1.807, 2.05) is 6.92 Å². The van der Waals surface area contributed by atoms with Gasteiger partial charge in [0, 0.05) is 30.8 Å². The summed E-state index contributed by atoms with van der Waals surface area (Å²) in [6.07, 6.45) is 1.35. The van der Waals surface area contributed by atoms with Gasteiger partial charge in [-0.2, -0.15) is 0 Å². The minimum atomic E-state index is -0.973. The van der Waals surface area contributed by atoms with Gasteiger partial charge in [0.05, 0.1) is 6.10 Å². The van der Waals surface area contributed by atoms with Gasteiger partial charge in [-0.25, -0.2) is 13.6 Å². The Hall–Kier alpha value is -1.53. The molecule has 1 aromatic rings. The molecule has 1 aliphatic rings. The quantitative estimate of drug-likeness (QED) is 0.908. The van der Waals surface area contributed by atoms with E-state index in [2.05, 4.69) is 4.90 Å². The molecule has 0 bridgehead atoms. The number of carbonyl (C=O) groups is 1. The Labute approximate surface area is 122 Å². The van der Waals surface area contributed by atoms with E-state index in [0.717, 1.165) is 6.07 Å². The molecule has 116 valence electrons. The smallest absolute Gasteiger partial charge is 0.329 e. The molecule has 1 saturated heterocycles. The van der Waals surface area contributed by atoms with Crippen molar-refractivity contribution in [1.29, 1.82) is 0 Å². The molecule has 1 atom stereocenters. The Morgan fingerprint density at radius 1 is 1.43 bits per heavy atom. The molecule has 0 aliphatic carbocycles. The van der Waals surface area contributed by atoms with E-state index in [0.29, 0.717) is 31.5 Å². The molecule has 0 radical (unpaired) electrons. The van der Waals surface area contributed by atoms with Crippen LogP contribution in [-0.4, -0.2) is 41.8 Å². The predicted molar refractivity (Wildman–Crippen MR) is 73.0 cm³/mol. The largest absolute Gasteiger partial charge is 0.480 e. The third-order valence-corrected chi connectivity index (χ3v) is 3.88. The van der Waals surface area contributed by atoms with Gasteiger partial charge in [-0.1, -0.05) is 6.07 Å². The molecule has 4 nitrogen and oxygen atoms in total. The van der Waals surface area contributed by atoms with Gasteiger partial charge in [0.15, 0.2) is 0 Å². The molecule has 0 spiro atoms. The maximum atomic E-state index is 13.8. The summed E-state index contributed by atoms with van der Waals surface area (Å²) in [5, 5.41) is 8.58. The molecule has 0 amide bonds. The Bertz CT molecular complexity index is 502. The zero-order valence-corrected chi connectivity index (χ0v) is 11.9. The van der Waals surface area contributed by atoms with Crippen LogP contribution in [0.2, 0.25) is 0 Å². The monoisotopic (exact) mass is 299 g/mol. The molecule has 0 saturated carbocycles. The fourth-order valence-corrected chi connectivity index (χ4v) is 2.66. The van der Waals surface area contributed by atoms with Crippen LogP contribution in [0.3, 0.4) is 0 Å². The van der Waals surface area contributed by atoms with Crippen molar-refractivity contribution in [1.82, 2.24) is 4.90 Å². The Morgan fingerprint density at radius 3 is 2.67 bits per heavy atom. The van der Waals surface area contributed by atoms with Gasteiger partial charge in [0.2, 0.25) is 0 Å². The van der Waals surface area contributed by atoms with Gasteiger partial charge in [0.25, 0.3) is 0 Å². The highest BCUT2D eigenvalue weighted by Gasteiger charge is 2.25. The molecule has 0 aromatic heterocycles. The maximum Gasteiger partial charge on any atom is 0.329 e. The lowest BCUT2D eigenvalue weighted by molar-refractivity contribution is -0.145. The van der Waals surface area contributed by atoms with E-state index < -0.39 is 17.6 Å². The number of aliphatic carboxylic acids is 1. The highest BCUT2D eigenvalue weighted by atomic mass is 19.1. The van der Waals surface area contributed by atoms with Gasteiger partial charge in [-0.15, -0.1) is 0 Å². The highest BCUT2D eigenvalue weighted by Crippen LogP contribution is 2.27. The van der Waals surface area contributed by atoms with Gasteiger partial charge in [0.1, 0.15) is 18.2 Å². The second-order valence-electron chi connectivity index (χ2n) is 5.28. The summed E-state index contributed by atoms with van der Waals surface area (Å²) in [5.74, 6) is -2.09. The summed E-state index contributed by atoms with van der Waals surface area (Å²) >= 11 is 0. The van der Waals surface area contributed by atoms with E-state index in [-0.39, 0.29) is 18.8 Å². The normalized spacial score (nSPS) is 18.6. The maximum absolute atomic E-state index is 13.8. The first-order chi connectivity index (χ1) is 9.97. The lowest BCUT2D eigenvalue weighted by atomic mass is 10.0. The average molecular weight is 299 g/mol.